The van der Waals surface area contributed by atoms with E-state index in [0.717, 1.165) is 78.7 Å². The van der Waals surface area contributed by atoms with Gasteiger partial charge >= 0.3 is 0 Å². The second kappa shape index (κ2) is 29.0. The van der Waals surface area contributed by atoms with Gasteiger partial charge in [0.1, 0.15) is 0 Å². The SMILES string of the molecule is Cc1ccc(N(c2ccc(C)cc2)c2ccc(-n3c4ccc(C5(c6ccc(N(c7ccc(-c8ccccc8)cc7)c7ccc(C(C)(C)C)cc7)cc6)c6ccccc6-c6ccccc65)cc4c4cc(C5(c6ccc(N(c7ccc(-c8ccccc8)cc7)c7ccc(C(C)(C)C)cc7)cc6)c6ccccc6-c6ccccc65)ccc43)cc2)cc1. The number of fused-ring (bicyclic) bond motifs is 9. The van der Waals surface area contributed by atoms with Crippen LogP contribution in [-0.4, -0.2) is 4.57 Å². The summed E-state index contributed by atoms with van der Waals surface area (Å²) in [6.45, 7) is 18.0. The quantitative estimate of drug-likeness (QED) is 0.0958. The van der Waals surface area contributed by atoms with Gasteiger partial charge in [0.2, 0.25) is 0 Å². The summed E-state index contributed by atoms with van der Waals surface area (Å²) in [7, 11) is 0. The minimum atomic E-state index is -0.752. The van der Waals surface area contributed by atoms with Crippen LogP contribution in [0.2, 0.25) is 0 Å². The van der Waals surface area contributed by atoms with Crippen molar-refractivity contribution < 1.29 is 0 Å². The predicted molar refractivity (Wildman–Crippen MR) is 497 cm³/mol. The average molecular weight is 1520 g/mol. The summed E-state index contributed by atoms with van der Waals surface area (Å²) < 4.78 is 2.52. The average Bonchev–Trinajstić information content (AvgIpc) is 1.53. The molecule has 0 saturated carbocycles. The maximum atomic E-state index is 2.57. The Morgan fingerprint density at radius 3 is 0.754 bits per heavy atom. The normalized spacial score (nSPS) is 13.1. The first-order valence-corrected chi connectivity index (χ1v) is 41.4. The highest BCUT2D eigenvalue weighted by Gasteiger charge is 2.48. The first-order valence-electron chi connectivity index (χ1n) is 41.4. The largest absolute Gasteiger partial charge is 0.311 e. The van der Waals surface area contributed by atoms with E-state index in [4.69, 9.17) is 0 Å². The molecule has 118 heavy (non-hydrogen) atoms. The molecule has 0 bridgehead atoms. The molecule has 4 nitrogen and oxygen atoms in total. The molecule has 0 atom stereocenters. The molecule has 0 spiro atoms. The van der Waals surface area contributed by atoms with Crippen molar-refractivity contribution in [2.24, 2.45) is 0 Å². The van der Waals surface area contributed by atoms with Crippen LogP contribution in [0.1, 0.15) is 108 Å². The number of hydrogen-bond acceptors (Lipinski definition) is 3. The zero-order valence-electron chi connectivity index (χ0n) is 68.0. The lowest BCUT2D eigenvalue weighted by Gasteiger charge is -2.35. The Bertz CT molecular complexity index is 6270. The summed E-state index contributed by atoms with van der Waals surface area (Å²) in [6, 6.07) is 155. The molecule has 20 rings (SSSR count). The van der Waals surface area contributed by atoms with E-state index in [2.05, 4.69) is 487 Å². The van der Waals surface area contributed by atoms with Gasteiger partial charge in [-0.05, 0) is 270 Å². The monoisotopic (exact) mass is 1520 g/mol. The van der Waals surface area contributed by atoms with Crippen LogP contribution in [-0.2, 0) is 21.7 Å². The molecular weight excluding hydrogens is 1430 g/mol. The number of anilines is 9. The Morgan fingerprint density at radius 1 is 0.220 bits per heavy atom. The van der Waals surface area contributed by atoms with Crippen molar-refractivity contribution in [1.29, 1.82) is 0 Å². The molecule has 4 heteroatoms. The van der Waals surface area contributed by atoms with Gasteiger partial charge in [0.05, 0.1) is 21.9 Å². The summed E-state index contributed by atoms with van der Waals surface area (Å²) in [4.78, 5) is 7.20. The topological polar surface area (TPSA) is 14.7 Å². The standard InChI is InChI=1S/C114H92N4/c1-77-35-53-89(54-36-77)115(90-55-37-78(2)38-56-90)97-69-71-98(72-70-97)118-109-73-51-87(113(105-31-19-15-27-99(105)100-28-16-20-32-106(100)113)85-47-65-95(66-48-85)116(93-61-43-83(44-62-93)111(3,4)5)91-57-39-81(40-58-91)79-23-11-9-12-24-79)75-103(109)104-76-88(52-74-110(104)118)114(107-33-21-17-29-101(107)102-30-18-22-34-108(102)114)86-49-67-96(68-50-86)117(94-63-45-84(46-64-94)112(6,7)8)92-59-41-82(42-60-92)80-25-13-10-14-26-80/h9-76H,1-8H3. The Kier molecular flexibility index (Phi) is 17.9. The molecule has 2 aliphatic rings. The van der Waals surface area contributed by atoms with Crippen LogP contribution in [0.25, 0.3) is 72.0 Å². The molecule has 0 aliphatic heterocycles. The van der Waals surface area contributed by atoms with E-state index in [1.807, 2.05) is 0 Å². The number of rotatable bonds is 16. The Balaban J connectivity index is 0.797. The van der Waals surface area contributed by atoms with Gasteiger partial charge in [0.25, 0.3) is 0 Å². The molecule has 0 unspecified atom stereocenters. The lowest BCUT2D eigenvalue weighted by atomic mass is 9.67. The van der Waals surface area contributed by atoms with Crippen LogP contribution in [0.3, 0.4) is 0 Å². The highest BCUT2D eigenvalue weighted by molar-refractivity contribution is 6.11. The van der Waals surface area contributed by atoms with E-state index in [-0.39, 0.29) is 10.8 Å². The molecular formula is C114H92N4. The van der Waals surface area contributed by atoms with Gasteiger partial charge in [-0.3, -0.25) is 0 Å². The van der Waals surface area contributed by atoms with Crippen LogP contribution >= 0.6 is 0 Å². The maximum Gasteiger partial charge on any atom is 0.0713 e. The minimum absolute atomic E-state index is 0.00424. The lowest BCUT2D eigenvalue weighted by molar-refractivity contribution is 0.590. The van der Waals surface area contributed by atoms with E-state index in [1.54, 1.807) is 0 Å². The van der Waals surface area contributed by atoms with Gasteiger partial charge < -0.3 is 19.3 Å². The number of aryl methyl sites for hydroxylation is 2. The molecule has 2 aliphatic carbocycles. The van der Waals surface area contributed by atoms with Crippen molar-refractivity contribution in [1.82, 2.24) is 4.57 Å². The van der Waals surface area contributed by atoms with Crippen LogP contribution < -0.4 is 14.7 Å². The number of aromatic nitrogens is 1. The highest BCUT2D eigenvalue weighted by Crippen LogP contribution is 2.60. The summed E-state index contributed by atoms with van der Waals surface area (Å²) in [5.74, 6) is 0. The third-order valence-corrected chi connectivity index (χ3v) is 25.1. The van der Waals surface area contributed by atoms with Crippen molar-refractivity contribution >= 4 is 73.0 Å². The van der Waals surface area contributed by atoms with Crippen LogP contribution in [0.4, 0.5) is 51.2 Å². The fourth-order valence-corrected chi connectivity index (χ4v) is 19.1. The van der Waals surface area contributed by atoms with Gasteiger partial charge in [-0.25, -0.2) is 0 Å². The minimum Gasteiger partial charge on any atom is -0.311 e. The van der Waals surface area contributed by atoms with Crippen molar-refractivity contribution in [2.75, 3.05) is 14.7 Å². The Labute approximate surface area is 694 Å². The van der Waals surface area contributed by atoms with Gasteiger partial charge in [-0.15, -0.1) is 0 Å². The zero-order chi connectivity index (χ0) is 80.0. The molecule has 0 radical (unpaired) electrons. The Hall–Kier alpha value is -14.1. The first kappa shape index (κ1) is 72.9. The lowest BCUT2D eigenvalue weighted by Crippen LogP contribution is -2.28. The summed E-state index contributed by atoms with van der Waals surface area (Å²) in [6.07, 6.45) is 0. The van der Waals surface area contributed by atoms with Crippen LogP contribution in [0, 0.1) is 13.8 Å². The molecule has 0 fully saturated rings. The molecule has 0 N–H and O–H groups in total. The molecule has 1 aromatic heterocycles. The van der Waals surface area contributed by atoms with Gasteiger partial charge in [-0.2, -0.15) is 0 Å². The molecule has 568 valence electrons. The second-order valence-corrected chi connectivity index (χ2v) is 34.2. The van der Waals surface area contributed by atoms with Gasteiger partial charge in [0.15, 0.2) is 0 Å². The zero-order valence-corrected chi connectivity index (χ0v) is 68.0. The van der Waals surface area contributed by atoms with E-state index in [9.17, 15) is 0 Å². The summed E-state index contributed by atoms with van der Waals surface area (Å²) in [5, 5.41) is 2.33. The number of nitrogens with zero attached hydrogens (tertiary/aromatic N) is 4. The second-order valence-electron chi connectivity index (χ2n) is 34.2. The van der Waals surface area contributed by atoms with Crippen LogP contribution in [0.15, 0.2) is 413 Å². The van der Waals surface area contributed by atoms with Crippen molar-refractivity contribution in [3.8, 4) is 50.2 Å². The third kappa shape index (κ3) is 12.4. The van der Waals surface area contributed by atoms with Crippen molar-refractivity contribution in [3.05, 3.63) is 479 Å². The molecule has 0 saturated heterocycles. The predicted octanol–water partition coefficient (Wildman–Crippen LogP) is 30.5. The summed E-state index contributed by atoms with van der Waals surface area (Å²) >= 11 is 0. The fraction of sp³-hybridized carbons (Fsp3) is 0.105. The van der Waals surface area contributed by atoms with E-state index in [1.165, 1.54) is 111 Å². The number of benzene rings is 17. The van der Waals surface area contributed by atoms with E-state index >= 15 is 0 Å². The van der Waals surface area contributed by atoms with Gasteiger partial charge in [0, 0.05) is 67.6 Å². The maximum absolute atomic E-state index is 2.57. The highest BCUT2D eigenvalue weighted by atomic mass is 15.2. The smallest absolute Gasteiger partial charge is 0.0713 e. The van der Waals surface area contributed by atoms with Gasteiger partial charge in [-0.1, -0.05) is 320 Å². The molecule has 1 heterocycles. The van der Waals surface area contributed by atoms with Crippen molar-refractivity contribution in [3.63, 3.8) is 0 Å². The summed E-state index contributed by atoms with van der Waals surface area (Å²) in [5.41, 5.74) is 36.1. The van der Waals surface area contributed by atoms with Crippen molar-refractivity contribution in [2.45, 2.75) is 77.0 Å². The van der Waals surface area contributed by atoms with E-state index in [0.29, 0.717) is 0 Å². The molecule has 18 aromatic rings. The first-order chi connectivity index (χ1) is 57.6. The number of hydrogen-bond donors (Lipinski definition) is 0. The molecule has 17 aromatic carbocycles. The Morgan fingerprint density at radius 2 is 0.458 bits per heavy atom. The molecule has 0 amide bonds. The third-order valence-electron chi connectivity index (χ3n) is 25.1. The van der Waals surface area contributed by atoms with Crippen LogP contribution in [0.5, 0.6) is 0 Å². The fourth-order valence-electron chi connectivity index (χ4n) is 19.1. The van der Waals surface area contributed by atoms with E-state index < -0.39 is 10.8 Å².